The first-order valence-electron chi connectivity index (χ1n) is 6.52. The quantitative estimate of drug-likeness (QED) is 0.880. The molecule has 1 unspecified atom stereocenters. The standard InChI is InChI=1S/C14H20N2O2/c1-11(13-3-2-6-15-9-13)14(18)16-7-4-12(10-17)5-8-16/h2-3,6,9,11-12,17H,4-5,7-8,10H2,1H3. The summed E-state index contributed by atoms with van der Waals surface area (Å²) < 4.78 is 0. The van der Waals surface area contributed by atoms with Crippen LogP contribution in [-0.4, -0.2) is 40.6 Å². The van der Waals surface area contributed by atoms with Crippen molar-refractivity contribution in [3.63, 3.8) is 0 Å². The molecule has 1 N–H and O–H groups in total. The van der Waals surface area contributed by atoms with Crippen molar-refractivity contribution in [3.05, 3.63) is 30.1 Å². The zero-order valence-corrected chi connectivity index (χ0v) is 10.7. The van der Waals surface area contributed by atoms with Gasteiger partial charge in [-0.3, -0.25) is 9.78 Å². The van der Waals surface area contributed by atoms with E-state index >= 15 is 0 Å². The molecule has 1 aromatic rings. The second kappa shape index (κ2) is 5.96. The third kappa shape index (κ3) is 2.88. The molecular weight excluding hydrogens is 228 g/mol. The second-order valence-corrected chi connectivity index (χ2v) is 4.96. The summed E-state index contributed by atoms with van der Waals surface area (Å²) in [6.45, 7) is 3.68. The van der Waals surface area contributed by atoms with Crippen molar-refractivity contribution in [2.45, 2.75) is 25.7 Å². The predicted octanol–water partition coefficient (Wildman–Crippen LogP) is 1.42. The summed E-state index contributed by atoms with van der Waals surface area (Å²) in [7, 11) is 0. The smallest absolute Gasteiger partial charge is 0.229 e. The Bertz CT molecular complexity index is 386. The van der Waals surface area contributed by atoms with E-state index < -0.39 is 0 Å². The van der Waals surface area contributed by atoms with Crippen LogP contribution in [0.3, 0.4) is 0 Å². The van der Waals surface area contributed by atoms with Crippen molar-refractivity contribution in [1.82, 2.24) is 9.88 Å². The van der Waals surface area contributed by atoms with Gasteiger partial charge in [-0.1, -0.05) is 6.07 Å². The van der Waals surface area contributed by atoms with E-state index in [9.17, 15) is 4.79 Å². The van der Waals surface area contributed by atoms with Crippen LogP contribution < -0.4 is 0 Å². The van der Waals surface area contributed by atoms with Crippen LogP contribution >= 0.6 is 0 Å². The molecular formula is C14H20N2O2. The van der Waals surface area contributed by atoms with Crippen LogP contribution in [0.2, 0.25) is 0 Å². The van der Waals surface area contributed by atoms with Crippen molar-refractivity contribution < 1.29 is 9.90 Å². The van der Waals surface area contributed by atoms with Gasteiger partial charge < -0.3 is 10.0 Å². The number of piperidine rings is 1. The van der Waals surface area contributed by atoms with Gasteiger partial charge in [-0.25, -0.2) is 0 Å². The number of likely N-dealkylation sites (tertiary alicyclic amines) is 1. The molecule has 1 atom stereocenters. The zero-order valence-electron chi connectivity index (χ0n) is 10.7. The number of hydrogen-bond donors (Lipinski definition) is 1. The molecule has 18 heavy (non-hydrogen) atoms. The fraction of sp³-hybridized carbons (Fsp3) is 0.571. The average Bonchev–Trinajstić information content (AvgIpc) is 2.47. The highest BCUT2D eigenvalue weighted by Crippen LogP contribution is 2.22. The van der Waals surface area contributed by atoms with Crippen LogP contribution in [0.15, 0.2) is 24.5 Å². The van der Waals surface area contributed by atoms with Gasteiger partial charge in [-0.2, -0.15) is 0 Å². The lowest BCUT2D eigenvalue weighted by molar-refractivity contribution is -0.134. The van der Waals surface area contributed by atoms with E-state index in [2.05, 4.69) is 4.98 Å². The third-order valence-electron chi connectivity index (χ3n) is 3.74. The highest BCUT2D eigenvalue weighted by molar-refractivity contribution is 5.83. The SMILES string of the molecule is CC(C(=O)N1CCC(CO)CC1)c1cccnc1. The first-order chi connectivity index (χ1) is 8.72. The van der Waals surface area contributed by atoms with Gasteiger partial charge >= 0.3 is 0 Å². The molecule has 1 amide bonds. The molecule has 98 valence electrons. The minimum atomic E-state index is -0.135. The van der Waals surface area contributed by atoms with Gasteiger partial charge in [0.15, 0.2) is 0 Å². The zero-order chi connectivity index (χ0) is 13.0. The van der Waals surface area contributed by atoms with Crippen molar-refractivity contribution in [2.75, 3.05) is 19.7 Å². The predicted molar refractivity (Wildman–Crippen MR) is 69.0 cm³/mol. The van der Waals surface area contributed by atoms with Crippen molar-refractivity contribution in [3.8, 4) is 0 Å². The van der Waals surface area contributed by atoms with Gasteiger partial charge in [-0.15, -0.1) is 0 Å². The fourth-order valence-electron chi connectivity index (χ4n) is 2.38. The molecule has 1 aliphatic heterocycles. The Morgan fingerprint density at radius 1 is 1.56 bits per heavy atom. The Morgan fingerprint density at radius 3 is 2.83 bits per heavy atom. The molecule has 0 bridgehead atoms. The van der Waals surface area contributed by atoms with Crippen molar-refractivity contribution >= 4 is 5.91 Å². The van der Waals surface area contributed by atoms with Crippen LogP contribution in [0.1, 0.15) is 31.2 Å². The lowest BCUT2D eigenvalue weighted by Crippen LogP contribution is -2.41. The summed E-state index contributed by atoms with van der Waals surface area (Å²) in [6.07, 6.45) is 5.28. The molecule has 1 fully saturated rings. The molecule has 4 nitrogen and oxygen atoms in total. The van der Waals surface area contributed by atoms with E-state index in [0.717, 1.165) is 31.5 Å². The first kappa shape index (κ1) is 13.0. The number of amides is 1. The average molecular weight is 248 g/mol. The third-order valence-corrected chi connectivity index (χ3v) is 3.74. The number of nitrogens with zero attached hydrogens (tertiary/aromatic N) is 2. The van der Waals surface area contributed by atoms with Gasteiger partial charge in [0, 0.05) is 32.1 Å². The number of carbonyl (C=O) groups excluding carboxylic acids is 1. The lowest BCUT2D eigenvalue weighted by Gasteiger charge is -2.32. The number of rotatable bonds is 3. The highest BCUT2D eigenvalue weighted by Gasteiger charge is 2.26. The summed E-state index contributed by atoms with van der Waals surface area (Å²) in [5, 5.41) is 9.09. The van der Waals surface area contributed by atoms with Gasteiger partial charge in [0.05, 0.1) is 5.92 Å². The largest absolute Gasteiger partial charge is 0.396 e. The maximum Gasteiger partial charge on any atom is 0.229 e. The van der Waals surface area contributed by atoms with E-state index in [0.29, 0.717) is 5.92 Å². The van der Waals surface area contributed by atoms with Crippen molar-refractivity contribution in [1.29, 1.82) is 0 Å². The molecule has 0 saturated carbocycles. The molecule has 0 radical (unpaired) electrons. The Kier molecular flexibility index (Phi) is 4.31. The lowest BCUT2D eigenvalue weighted by atomic mass is 9.95. The first-order valence-corrected chi connectivity index (χ1v) is 6.52. The number of aliphatic hydroxyl groups is 1. The summed E-state index contributed by atoms with van der Waals surface area (Å²) in [5.74, 6) is 0.395. The summed E-state index contributed by atoms with van der Waals surface area (Å²) in [5.41, 5.74) is 0.965. The molecule has 1 aliphatic rings. The second-order valence-electron chi connectivity index (χ2n) is 4.96. The number of carbonyl (C=O) groups is 1. The minimum Gasteiger partial charge on any atom is -0.396 e. The maximum absolute atomic E-state index is 12.3. The van der Waals surface area contributed by atoms with Crippen molar-refractivity contribution in [2.24, 2.45) is 5.92 Å². The summed E-state index contributed by atoms with van der Waals surface area (Å²) >= 11 is 0. The Labute approximate surface area is 108 Å². The Hall–Kier alpha value is -1.42. The van der Waals surface area contributed by atoms with Crippen LogP contribution in [-0.2, 0) is 4.79 Å². The van der Waals surface area contributed by atoms with E-state index in [-0.39, 0.29) is 18.4 Å². The monoisotopic (exact) mass is 248 g/mol. The fourth-order valence-corrected chi connectivity index (χ4v) is 2.38. The minimum absolute atomic E-state index is 0.135. The normalized spacial score (nSPS) is 18.7. The molecule has 0 spiro atoms. The van der Waals surface area contributed by atoms with E-state index in [4.69, 9.17) is 5.11 Å². The highest BCUT2D eigenvalue weighted by atomic mass is 16.3. The van der Waals surface area contributed by atoms with E-state index in [1.165, 1.54) is 0 Å². The van der Waals surface area contributed by atoms with Crippen LogP contribution in [0.4, 0.5) is 0 Å². The van der Waals surface area contributed by atoms with E-state index in [1.807, 2.05) is 24.0 Å². The molecule has 2 rings (SSSR count). The summed E-state index contributed by atoms with van der Waals surface area (Å²) in [4.78, 5) is 18.3. The van der Waals surface area contributed by atoms with Gasteiger partial charge in [0.2, 0.25) is 5.91 Å². The maximum atomic E-state index is 12.3. The topological polar surface area (TPSA) is 53.4 Å². The number of hydrogen-bond acceptors (Lipinski definition) is 3. The van der Waals surface area contributed by atoms with Crippen LogP contribution in [0, 0.1) is 5.92 Å². The van der Waals surface area contributed by atoms with Gasteiger partial charge in [0.25, 0.3) is 0 Å². The molecule has 1 aromatic heterocycles. The molecule has 0 aliphatic carbocycles. The molecule has 2 heterocycles. The van der Waals surface area contributed by atoms with Gasteiger partial charge in [-0.05, 0) is 37.3 Å². The number of aromatic nitrogens is 1. The number of pyridine rings is 1. The molecule has 1 saturated heterocycles. The van der Waals surface area contributed by atoms with Crippen LogP contribution in [0.25, 0.3) is 0 Å². The number of aliphatic hydroxyl groups excluding tert-OH is 1. The Morgan fingerprint density at radius 2 is 2.28 bits per heavy atom. The molecule has 0 aromatic carbocycles. The van der Waals surface area contributed by atoms with Gasteiger partial charge in [0.1, 0.15) is 0 Å². The summed E-state index contributed by atoms with van der Waals surface area (Å²) in [6, 6.07) is 3.80. The van der Waals surface area contributed by atoms with Crippen LogP contribution in [0.5, 0.6) is 0 Å². The Balaban J connectivity index is 1.96. The van der Waals surface area contributed by atoms with E-state index in [1.54, 1.807) is 12.4 Å². The molecule has 4 heteroatoms.